The van der Waals surface area contributed by atoms with E-state index in [0.29, 0.717) is 0 Å². The number of benzene rings is 1. The zero-order valence-corrected chi connectivity index (χ0v) is 9.52. The molecule has 1 aliphatic rings. The second-order valence-corrected chi connectivity index (χ2v) is 4.16. The summed E-state index contributed by atoms with van der Waals surface area (Å²) in [6.45, 7) is 5.52. The minimum absolute atomic E-state index is 0.839. The Kier molecular flexibility index (Phi) is 4.96. The third-order valence-corrected chi connectivity index (χ3v) is 3.09. The Morgan fingerprint density at radius 1 is 1.27 bits per heavy atom. The van der Waals surface area contributed by atoms with Gasteiger partial charge in [-0.2, -0.15) is 0 Å². The molecule has 2 atom stereocenters. The van der Waals surface area contributed by atoms with Crippen LogP contribution in [0.1, 0.15) is 37.7 Å². The van der Waals surface area contributed by atoms with Crippen molar-refractivity contribution in [3.05, 3.63) is 48.7 Å². The van der Waals surface area contributed by atoms with Gasteiger partial charge in [0.2, 0.25) is 0 Å². The highest BCUT2D eigenvalue weighted by Crippen LogP contribution is 2.38. The molecule has 82 valence electrons. The third kappa shape index (κ3) is 3.43. The predicted octanol–water partition coefficient (Wildman–Crippen LogP) is 3.68. The molecule has 1 heteroatoms. The van der Waals surface area contributed by atoms with Gasteiger partial charge in [-0.05, 0) is 30.0 Å². The summed E-state index contributed by atoms with van der Waals surface area (Å²) in [5.41, 5.74) is 6.16. The van der Waals surface area contributed by atoms with Crippen LogP contribution in [0.15, 0.2) is 43.1 Å². The van der Waals surface area contributed by atoms with Crippen molar-refractivity contribution >= 4 is 0 Å². The van der Waals surface area contributed by atoms with E-state index in [1.165, 1.54) is 25.5 Å². The summed E-state index contributed by atoms with van der Waals surface area (Å²) in [5, 5.41) is 0. The van der Waals surface area contributed by atoms with Gasteiger partial charge in [0.1, 0.15) is 0 Å². The number of rotatable bonds is 1. The monoisotopic (exact) mass is 203 g/mol. The topological polar surface area (TPSA) is 26.0 Å². The molecule has 0 heterocycles. The van der Waals surface area contributed by atoms with Crippen LogP contribution in [0.2, 0.25) is 0 Å². The zero-order valence-electron chi connectivity index (χ0n) is 9.52. The first-order valence-electron chi connectivity index (χ1n) is 5.67. The maximum atomic E-state index is 4.61. The first kappa shape index (κ1) is 11.8. The van der Waals surface area contributed by atoms with Crippen molar-refractivity contribution in [3.8, 4) is 0 Å². The molecule has 0 aliphatic heterocycles. The van der Waals surface area contributed by atoms with Crippen LogP contribution >= 0.6 is 0 Å². The molecule has 1 saturated carbocycles. The summed E-state index contributed by atoms with van der Waals surface area (Å²) in [4.78, 5) is 0. The van der Waals surface area contributed by atoms with Crippen molar-refractivity contribution in [2.24, 2.45) is 11.7 Å². The van der Waals surface area contributed by atoms with Gasteiger partial charge in [0.15, 0.2) is 0 Å². The van der Waals surface area contributed by atoms with Gasteiger partial charge < -0.3 is 5.73 Å². The molecule has 1 aromatic carbocycles. The maximum absolute atomic E-state index is 4.61. The molecule has 15 heavy (non-hydrogen) atoms. The second-order valence-electron chi connectivity index (χ2n) is 4.16. The van der Waals surface area contributed by atoms with Crippen LogP contribution < -0.4 is 5.73 Å². The Balaban J connectivity index is 0.000000337. The van der Waals surface area contributed by atoms with E-state index < -0.39 is 0 Å². The van der Waals surface area contributed by atoms with E-state index in [1.807, 2.05) is 0 Å². The molecule has 0 amide bonds. The lowest BCUT2D eigenvalue weighted by Gasteiger charge is -2.14. The van der Waals surface area contributed by atoms with Crippen LogP contribution in [0.25, 0.3) is 0 Å². The normalized spacial score (nSPS) is 24.1. The zero-order chi connectivity index (χ0) is 11.1. The minimum atomic E-state index is 0.839. The van der Waals surface area contributed by atoms with Gasteiger partial charge in [-0.15, -0.1) is 0 Å². The molecule has 0 saturated heterocycles. The third-order valence-electron chi connectivity index (χ3n) is 3.09. The molecule has 2 unspecified atom stereocenters. The number of hydrogen-bond donors (Lipinski definition) is 1. The van der Waals surface area contributed by atoms with Crippen LogP contribution in [0.3, 0.4) is 0 Å². The van der Waals surface area contributed by atoms with Crippen molar-refractivity contribution in [1.29, 1.82) is 0 Å². The molecule has 2 N–H and O–H groups in total. The van der Waals surface area contributed by atoms with E-state index in [4.69, 9.17) is 0 Å². The first-order valence-corrected chi connectivity index (χ1v) is 5.67. The molecule has 0 spiro atoms. The fourth-order valence-corrected chi connectivity index (χ4v) is 2.34. The first-order chi connectivity index (χ1) is 7.29. The molecule has 1 aliphatic carbocycles. The van der Waals surface area contributed by atoms with Crippen LogP contribution in [0.4, 0.5) is 0 Å². The summed E-state index contributed by atoms with van der Waals surface area (Å²) < 4.78 is 0. The van der Waals surface area contributed by atoms with Crippen LogP contribution in [-0.2, 0) is 0 Å². The van der Waals surface area contributed by atoms with Gasteiger partial charge in [0.25, 0.3) is 0 Å². The Hall–Kier alpha value is -1.24. The van der Waals surface area contributed by atoms with E-state index in [-0.39, 0.29) is 0 Å². The lowest BCUT2D eigenvalue weighted by atomic mass is 9.90. The van der Waals surface area contributed by atoms with Gasteiger partial charge in [-0.25, -0.2) is 0 Å². The molecular weight excluding hydrogens is 182 g/mol. The van der Waals surface area contributed by atoms with Gasteiger partial charge >= 0.3 is 0 Å². The molecule has 0 bridgehead atoms. The maximum Gasteiger partial charge on any atom is -0.0136 e. The summed E-state index contributed by atoms with van der Waals surface area (Å²) in [6.07, 6.45) is 5.48. The molecular formula is C14H21N. The van der Waals surface area contributed by atoms with Crippen molar-refractivity contribution in [1.82, 2.24) is 0 Å². The highest BCUT2D eigenvalue weighted by molar-refractivity contribution is 5.20. The van der Waals surface area contributed by atoms with Gasteiger partial charge in [0, 0.05) is 0 Å². The molecule has 1 nitrogen and oxygen atoms in total. The van der Waals surface area contributed by atoms with Gasteiger partial charge in [-0.3, -0.25) is 0 Å². The Morgan fingerprint density at radius 3 is 2.33 bits per heavy atom. The van der Waals surface area contributed by atoms with Crippen molar-refractivity contribution in [2.75, 3.05) is 0 Å². The number of hydrogen-bond acceptors (Lipinski definition) is 1. The highest BCUT2D eigenvalue weighted by atomic mass is 14.5. The largest absolute Gasteiger partial charge is 0.405 e. The fraction of sp³-hybridized carbons (Fsp3) is 0.429. The lowest BCUT2D eigenvalue weighted by Crippen LogP contribution is -2.00. The smallest absolute Gasteiger partial charge is 0.0136 e. The van der Waals surface area contributed by atoms with Gasteiger partial charge in [0.05, 0.1) is 0 Å². The van der Waals surface area contributed by atoms with Crippen molar-refractivity contribution < 1.29 is 0 Å². The van der Waals surface area contributed by atoms with E-state index in [0.717, 1.165) is 11.8 Å². The Morgan fingerprint density at radius 2 is 1.87 bits per heavy atom. The molecule has 0 radical (unpaired) electrons. The van der Waals surface area contributed by atoms with Gasteiger partial charge in [-0.1, -0.05) is 56.7 Å². The minimum Gasteiger partial charge on any atom is -0.405 e. The van der Waals surface area contributed by atoms with E-state index >= 15 is 0 Å². The summed E-state index contributed by atoms with van der Waals surface area (Å²) in [6, 6.07) is 10.9. The van der Waals surface area contributed by atoms with E-state index in [1.54, 1.807) is 5.56 Å². The Bertz CT molecular complexity index is 279. The average molecular weight is 203 g/mol. The van der Waals surface area contributed by atoms with Crippen LogP contribution in [0, 0.1) is 5.92 Å². The lowest BCUT2D eigenvalue weighted by molar-refractivity contribution is 0.533. The number of nitrogens with two attached hydrogens (primary N) is 1. The summed E-state index contributed by atoms with van der Waals surface area (Å²) in [5.74, 6) is 1.73. The highest BCUT2D eigenvalue weighted by Gasteiger charge is 2.24. The van der Waals surface area contributed by atoms with Crippen molar-refractivity contribution in [2.45, 2.75) is 32.1 Å². The summed E-state index contributed by atoms with van der Waals surface area (Å²) >= 11 is 0. The Labute approximate surface area is 93.0 Å². The summed E-state index contributed by atoms with van der Waals surface area (Å²) in [7, 11) is 0. The fourth-order valence-electron chi connectivity index (χ4n) is 2.34. The second kappa shape index (κ2) is 6.28. The van der Waals surface area contributed by atoms with E-state index in [9.17, 15) is 0 Å². The van der Waals surface area contributed by atoms with Crippen LogP contribution in [0.5, 0.6) is 0 Å². The standard InChI is InChI=1S/C12H16.C2H5N/c1-10-6-5-9-12(10)11-7-3-2-4-8-11;1-2-3/h2-4,7-8,10,12H,5-6,9H2,1H3;2H,1,3H2. The average Bonchev–Trinajstić information content (AvgIpc) is 2.67. The van der Waals surface area contributed by atoms with E-state index in [2.05, 4.69) is 49.6 Å². The molecule has 1 fully saturated rings. The quantitative estimate of drug-likeness (QED) is 0.740. The predicted molar refractivity (Wildman–Crippen MR) is 66.6 cm³/mol. The molecule has 2 rings (SSSR count). The van der Waals surface area contributed by atoms with Crippen LogP contribution in [-0.4, -0.2) is 0 Å². The molecule has 1 aromatic rings. The van der Waals surface area contributed by atoms with Crippen molar-refractivity contribution in [3.63, 3.8) is 0 Å². The SMILES string of the molecule is C=CN.CC1CCCC1c1ccccc1. The molecule has 0 aromatic heterocycles.